The van der Waals surface area contributed by atoms with Crippen LogP contribution in [0.4, 0.5) is 0 Å². The summed E-state index contributed by atoms with van der Waals surface area (Å²) in [5.41, 5.74) is 6.44. The van der Waals surface area contributed by atoms with Crippen LogP contribution in [0.3, 0.4) is 0 Å². The van der Waals surface area contributed by atoms with Crippen molar-refractivity contribution in [2.24, 2.45) is 5.92 Å². The van der Waals surface area contributed by atoms with Crippen molar-refractivity contribution in [3.8, 4) is 5.75 Å². The van der Waals surface area contributed by atoms with Crippen LogP contribution in [0.15, 0.2) is 76.6 Å². The summed E-state index contributed by atoms with van der Waals surface area (Å²) in [6, 6.07) is 10.2. The standard InChI is InChI=1S/C23H32OSi.Ti/c1-8-9-15-21(24-20-13-11-10-12-14-20)23(25(6)7)22-18(4)16(2)17(3)19(22)5;/h8-15,18,23,25H,1-7H3;. The second-order valence-corrected chi connectivity index (χ2v) is 10.5. The van der Waals surface area contributed by atoms with Crippen LogP contribution in [0.1, 0.15) is 34.6 Å². The zero-order valence-electron chi connectivity index (χ0n) is 17.3. The van der Waals surface area contributed by atoms with Crippen molar-refractivity contribution in [3.05, 3.63) is 76.6 Å². The Morgan fingerprint density at radius 1 is 1.08 bits per heavy atom. The Balaban J connectivity index is 0.00000338. The zero-order valence-corrected chi connectivity index (χ0v) is 20.0. The zero-order chi connectivity index (χ0) is 18.6. The molecule has 0 heterocycles. The molecule has 0 saturated carbocycles. The second kappa shape index (κ2) is 10.3. The van der Waals surface area contributed by atoms with Crippen LogP contribution in [-0.4, -0.2) is 8.80 Å². The van der Waals surface area contributed by atoms with Gasteiger partial charge in [-0.3, -0.25) is 0 Å². The first-order valence-electron chi connectivity index (χ1n) is 9.32. The van der Waals surface area contributed by atoms with Gasteiger partial charge in [0.2, 0.25) is 0 Å². The van der Waals surface area contributed by atoms with Crippen molar-refractivity contribution in [3.63, 3.8) is 0 Å². The average Bonchev–Trinajstić information content (AvgIpc) is 2.78. The van der Waals surface area contributed by atoms with E-state index in [4.69, 9.17) is 4.74 Å². The number of allylic oxidation sites excluding steroid dienone is 7. The second-order valence-electron chi connectivity index (χ2n) is 7.34. The van der Waals surface area contributed by atoms with E-state index < -0.39 is 8.80 Å². The number of ether oxygens (including phenoxy) is 1. The van der Waals surface area contributed by atoms with E-state index in [1.165, 1.54) is 16.7 Å². The Bertz CT molecular complexity index is 726. The van der Waals surface area contributed by atoms with E-state index in [1.54, 1.807) is 5.57 Å². The van der Waals surface area contributed by atoms with E-state index in [1.807, 2.05) is 30.3 Å². The van der Waals surface area contributed by atoms with Gasteiger partial charge in [-0.25, -0.2) is 0 Å². The number of hydrogen-bond acceptors (Lipinski definition) is 1. The molecule has 0 bridgehead atoms. The Labute approximate surface area is 176 Å². The van der Waals surface area contributed by atoms with Crippen LogP contribution in [0, 0.1) is 5.92 Å². The van der Waals surface area contributed by atoms with Gasteiger partial charge in [0.05, 0.1) is 0 Å². The van der Waals surface area contributed by atoms with Gasteiger partial charge in [0, 0.05) is 36.1 Å². The Morgan fingerprint density at radius 2 is 1.69 bits per heavy atom. The van der Waals surface area contributed by atoms with Crippen molar-refractivity contribution in [2.75, 3.05) is 0 Å². The van der Waals surface area contributed by atoms with E-state index in [2.05, 4.69) is 65.9 Å². The van der Waals surface area contributed by atoms with Gasteiger partial charge in [0.25, 0.3) is 0 Å². The topological polar surface area (TPSA) is 9.23 Å². The summed E-state index contributed by atoms with van der Waals surface area (Å²) in [5, 5.41) is 0. The van der Waals surface area contributed by atoms with Crippen LogP contribution in [0.5, 0.6) is 5.75 Å². The van der Waals surface area contributed by atoms with E-state index in [-0.39, 0.29) is 21.7 Å². The van der Waals surface area contributed by atoms with Gasteiger partial charge in [0.15, 0.2) is 0 Å². The molecular formula is C23H32OSiTi. The first kappa shape index (κ1) is 23.0. The summed E-state index contributed by atoms with van der Waals surface area (Å²) in [6.45, 7) is 16.1. The fourth-order valence-electron chi connectivity index (χ4n) is 3.76. The van der Waals surface area contributed by atoms with Gasteiger partial charge in [0.1, 0.15) is 11.5 Å². The van der Waals surface area contributed by atoms with E-state index in [0.717, 1.165) is 11.5 Å². The average molecular weight is 400 g/mol. The summed E-state index contributed by atoms with van der Waals surface area (Å²) in [7, 11) is -1.02. The van der Waals surface area contributed by atoms with Crippen LogP contribution in [0.25, 0.3) is 0 Å². The van der Waals surface area contributed by atoms with Crippen molar-refractivity contribution < 1.29 is 26.5 Å². The summed E-state index contributed by atoms with van der Waals surface area (Å²) >= 11 is 0. The monoisotopic (exact) mass is 400 g/mol. The van der Waals surface area contributed by atoms with Gasteiger partial charge in [-0.15, -0.1) is 0 Å². The van der Waals surface area contributed by atoms with Gasteiger partial charge in [-0.05, 0) is 63.0 Å². The minimum Gasteiger partial charge on any atom is -0.461 e. The molecule has 0 aliphatic heterocycles. The molecule has 0 saturated heterocycles. The summed E-state index contributed by atoms with van der Waals surface area (Å²) in [5.74, 6) is 2.52. The van der Waals surface area contributed by atoms with Crippen molar-refractivity contribution >= 4 is 8.80 Å². The van der Waals surface area contributed by atoms with Crippen molar-refractivity contribution in [2.45, 2.75) is 53.3 Å². The smallest absolute Gasteiger partial charge is 0.126 e. The molecule has 3 heteroatoms. The number of benzene rings is 1. The number of hydrogen-bond donors (Lipinski definition) is 0. The molecule has 2 atom stereocenters. The maximum absolute atomic E-state index is 6.41. The third-order valence-electron chi connectivity index (χ3n) is 5.44. The molecule has 0 spiro atoms. The largest absolute Gasteiger partial charge is 0.461 e. The first-order chi connectivity index (χ1) is 11.9. The molecule has 1 aromatic carbocycles. The molecule has 0 aromatic heterocycles. The Hall–Kier alpha value is -1.09. The summed E-state index contributed by atoms with van der Waals surface area (Å²) < 4.78 is 6.41. The van der Waals surface area contributed by atoms with E-state index >= 15 is 0 Å². The van der Waals surface area contributed by atoms with E-state index in [9.17, 15) is 0 Å². The normalized spacial score (nSPS) is 19.4. The predicted molar refractivity (Wildman–Crippen MR) is 113 cm³/mol. The van der Waals surface area contributed by atoms with Crippen LogP contribution >= 0.6 is 0 Å². The molecule has 0 fully saturated rings. The predicted octanol–water partition coefficient (Wildman–Crippen LogP) is 6.68. The van der Waals surface area contributed by atoms with Crippen molar-refractivity contribution in [1.82, 2.24) is 0 Å². The van der Waals surface area contributed by atoms with Crippen LogP contribution < -0.4 is 4.74 Å². The molecule has 0 radical (unpaired) electrons. The maximum Gasteiger partial charge on any atom is 0.126 e. The molecule has 26 heavy (non-hydrogen) atoms. The van der Waals surface area contributed by atoms with Crippen LogP contribution in [-0.2, 0) is 21.7 Å². The molecule has 138 valence electrons. The molecular weight excluding hydrogens is 368 g/mol. The number of para-hydroxylation sites is 1. The quantitative estimate of drug-likeness (QED) is 0.294. The summed E-state index contributed by atoms with van der Waals surface area (Å²) in [4.78, 5) is 0. The maximum atomic E-state index is 6.41. The minimum absolute atomic E-state index is 0. The van der Waals surface area contributed by atoms with E-state index in [0.29, 0.717) is 11.5 Å². The molecule has 2 unspecified atom stereocenters. The van der Waals surface area contributed by atoms with Gasteiger partial charge in [-0.2, -0.15) is 0 Å². The fourth-order valence-corrected chi connectivity index (χ4v) is 5.85. The number of rotatable bonds is 6. The first-order valence-corrected chi connectivity index (χ1v) is 12.3. The SMILES string of the molecule is CC=CC=C(Oc1ccccc1)C(C1=C(C)C(C)=C(C)C1C)[SiH](C)C.[Ti]. The van der Waals surface area contributed by atoms with Gasteiger partial charge >= 0.3 is 0 Å². The molecule has 1 aliphatic carbocycles. The molecule has 1 aliphatic rings. The Kier molecular flexibility index (Phi) is 9.09. The van der Waals surface area contributed by atoms with Crippen LogP contribution in [0.2, 0.25) is 18.6 Å². The minimum atomic E-state index is -1.02. The van der Waals surface area contributed by atoms with Gasteiger partial charge < -0.3 is 4.74 Å². The molecule has 0 amide bonds. The molecule has 0 N–H and O–H groups in total. The van der Waals surface area contributed by atoms with Crippen molar-refractivity contribution in [1.29, 1.82) is 0 Å². The third-order valence-corrected chi connectivity index (χ3v) is 7.46. The summed E-state index contributed by atoms with van der Waals surface area (Å²) in [6.07, 6.45) is 6.34. The fraction of sp³-hybridized carbons (Fsp3) is 0.391. The molecule has 1 aromatic rings. The third kappa shape index (κ3) is 5.00. The van der Waals surface area contributed by atoms with Gasteiger partial charge in [-0.1, -0.05) is 61.5 Å². The Morgan fingerprint density at radius 3 is 2.15 bits per heavy atom. The molecule has 2 rings (SSSR count). The molecule has 1 nitrogen and oxygen atoms in total.